The highest BCUT2D eigenvalue weighted by Gasteiger charge is 2.23. The zero-order valence-electron chi connectivity index (χ0n) is 15.7. The normalized spacial score (nSPS) is 11.7. The maximum Gasteiger partial charge on any atom is 0.341 e. The predicted octanol–water partition coefficient (Wildman–Crippen LogP) is 2.07. The van der Waals surface area contributed by atoms with Gasteiger partial charge in [-0.2, -0.15) is 0 Å². The number of benzene rings is 1. The lowest BCUT2D eigenvalue weighted by atomic mass is 10.1. The van der Waals surface area contributed by atoms with Crippen molar-refractivity contribution in [1.29, 1.82) is 0 Å². The van der Waals surface area contributed by atoms with Crippen LogP contribution in [0.4, 0.5) is 4.39 Å². The summed E-state index contributed by atoms with van der Waals surface area (Å²) in [6.07, 6.45) is 0. The van der Waals surface area contributed by atoms with Gasteiger partial charge in [0.15, 0.2) is 6.61 Å². The van der Waals surface area contributed by atoms with Crippen molar-refractivity contribution in [3.63, 3.8) is 0 Å². The number of nitrogens with zero attached hydrogens (tertiary/aromatic N) is 2. The first-order valence-electron chi connectivity index (χ1n) is 8.02. The summed E-state index contributed by atoms with van der Waals surface area (Å²) in [6.45, 7) is 3.02. The van der Waals surface area contributed by atoms with Crippen molar-refractivity contribution < 1.29 is 27.1 Å². The number of ketones is 1. The smallest absolute Gasteiger partial charge is 0.341 e. The van der Waals surface area contributed by atoms with Crippen LogP contribution in [0.5, 0.6) is 0 Å². The van der Waals surface area contributed by atoms with E-state index in [1.807, 2.05) is 11.5 Å². The Labute approximate surface area is 157 Å². The number of sulfonamides is 1. The Balaban J connectivity index is 2.21. The van der Waals surface area contributed by atoms with E-state index in [1.54, 1.807) is 20.0 Å². The molecule has 27 heavy (non-hydrogen) atoms. The van der Waals surface area contributed by atoms with E-state index in [2.05, 4.69) is 0 Å². The van der Waals surface area contributed by atoms with Gasteiger partial charge in [0.2, 0.25) is 15.8 Å². The molecule has 1 aromatic heterocycles. The molecule has 0 bridgehead atoms. The van der Waals surface area contributed by atoms with Gasteiger partial charge in [0.05, 0.1) is 10.5 Å². The second-order valence-corrected chi connectivity index (χ2v) is 8.42. The highest BCUT2D eigenvalue weighted by atomic mass is 32.2. The summed E-state index contributed by atoms with van der Waals surface area (Å²) >= 11 is 0. The zero-order chi connectivity index (χ0) is 20.5. The fourth-order valence-electron chi connectivity index (χ4n) is 2.46. The maximum absolute atomic E-state index is 14.0. The Bertz CT molecular complexity index is 1010. The van der Waals surface area contributed by atoms with E-state index in [4.69, 9.17) is 4.74 Å². The van der Waals surface area contributed by atoms with Gasteiger partial charge in [-0.25, -0.2) is 21.9 Å². The van der Waals surface area contributed by atoms with Gasteiger partial charge in [0, 0.05) is 38.1 Å². The highest BCUT2D eigenvalue weighted by Crippen LogP contribution is 2.19. The minimum Gasteiger partial charge on any atom is -0.454 e. The fourth-order valence-corrected chi connectivity index (χ4v) is 3.38. The molecule has 2 rings (SSSR count). The number of Topliss-reactive ketones (excluding diaryl/α,β-unsaturated/α-hetero) is 1. The summed E-state index contributed by atoms with van der Waals surface area (Å²) in [5.74, 6) is -2.47. The average Bonchev–Trinajstić information content (AvgIpc) is 2.87. The molecule has 0 amide bonds. The summed E-state index contributed by atoms with van der Waals surface area (Å²) in [5, 5.41) is 0. The number of halogens is 1. The van der Waals surface area contributed by atoms with Gasteiger partial charge in [0.25, 0.3) is 0 Å². The minimum atomic E-state index is -3.84. The van der Waals surface area contributed by atoms with Crippen LogP contribution in [0.15, 0.2) is 29.2 Å². The van der Waals surface area contributed by atoms with E-state index in [-0.39, 0.29) is 4.90 Å². The first kappa shape index (κ1) is 20.8. The number of hydrogen-bond donors (Lipinski definition) is 0. The molecule has 0 saturated heterocycles. The highest BCUT2D eigenvalue weighted by molar-refractivity contribution is 7.89. The Hall–Kier alpha value is -2.52. The van der Waals surface area contributed by atoms with E-state index in [1.165, 1.54) is 14.1 Å². The van der Waals surface area contributed by atoms with Crippen molar-refractivity contribution >= 4 is 21.8 Å². The lowest BCUT2D eigenvalue weighted by Gasteiger charge is -2.12. The molecule has 2 aromatic rings. The molecular formula is C18H21FN2O5S. The molecule has 0 aliphatic heterocycles. The minimum absolute atomic E-state index is 0.248. The molecule has 0 atom stereocenters. The SMILES string of the molecule is Cc1cc(C(=O)COC(=O)c2cc(S(=O)(=O)N(C)C)ccc2F)c(C)n1C. The van der Waals surface area contributed by atoms with E-state index in [0.29, 0.717) is 5.56 Å². The van der Waals surface area contributed by atoms with Crippen LogP contribution in [-0.2, 0) is 21.8 Å². The molecule has 0 radical (unpaired) electrons. The number of carbonyl (C=O) groups excluding carboxylic acids is 2. The average molecular weight is 396 g/mol. The van der Waals surface area contributed by atoms with Crippen molar-refractivity contribution in [3.8, 4) is 0 Å². The van der Waals surface area contributed by atoms with Crippen LogP contribution in [0.25, 0.3) is 0 Å². The Morgan fingerprint density at radius 1 is 1.15 bits per heavy atom. The van der Waals surface area contributed by atoms with Crippen molar-refractivity contribution in [2.45, 2.75) is 18.7 Å². The molecule has 7 nitrogen and oxygen atoms in total. The number of rotatable bonds is 6. The summed E-state index contributed by atoms with van der Waals surface area (Å²) in [5.41, 5.74) is 1.45. The predicted molar refractivity (Wildman–Crippen MR) is 96.8 cm³/mol. The molecule has 9 heteroatoms. The largest absolute Gasteiger partial charge is 0.454 e. The third kappa shape index (κ3) is 4.09. The van der Waals surface area contributed by atoms with Crippen LogP contribution in [0.3, 0.4) is 0 Å². The van der Waals surface area contributed by atoms with E-state index >= 15 is 0 Å². The molecule has 0 aliphatic carbocycles. The number of esters is 1. The molecule has 1 aromatic carbocycles. The Morgan fingerprint density at radius 2 is 1.78 bits per heavy atom. The molecule has 0 unspecified atom stereocenters. The van der Waals surface area contributed by atoms with Crippen LogP contribution >= 0.6 is 0 Å². The van der Waals surface area contributed by atoms with E-state index < -0.39 is 39.8 Å². The molecule has 0 fully saturated rings. The molecule has 0 aliphatic rings. The summed E-state index contributed by atoms with van der Waals surface area (Å²) in [4.78, 5) is 24.2. The molecule has 0 spiro atoms. The van der Waals surface area contributed by atoms with Crippen molar-refractivity contribution in [2.75, 3.05) is 20.7 Å². The van der Waals surface area contributed by atoms with E-state index in [9.17, 15) is 22.4 Å². The fraction of sp³-hybridized carbons (Fsp3) is 0.333. The standard InChI is InChI=1S/C18H21FN2O5S/c1-11-8-14(12(2)21(11)5)17(22)10-26-18(23)15-9-13(6-7-16(15)19)27(24,25)20(3)4/h6-9H,10H2,1-5H3. The number of hydrogen-bond acceptors (Lipinski definition) is 5. The zero-order valence-corrected chi connectivity index (χ0v) is 16.6. The second-order valence-electron chi connectivity index (χ2n) is 6.27. The first-order valence-corrected chi connectivity index (χ1v) is 9.46. The summed E-state index contributed by atoms with van der Waals surface area (Å²) in [6, 6.07) is 4.51. The van der Waals surface area contributed by atoms with Crippen molar-refractivity contribution in [1.82, 2.24) is 8.87 Å². The van der Waals surface area contributed by atoms with Crippen LogP contribution in [0.1, 0.15) is 32.1 Å². The van der Waals surface area contributed by atoms with Crippen molar-refractivity contribution in [2.24, 2.45) is 7.05 Å². The molecule has 146 valence electrons. The van der Waals surface area contributed by atoms with Crippen LogP contribution in [0.2, 0.25) is 0 Å². The Kier molecular flexibility index (Phi) is 5.86. The summed E-state index contributed by atoms with van der Waals surface area (Å²) < 4.78 is 45.9. The second kappa shape index (κ2) is 7.61. The molecule has 0 N–H and O–H groups in total. The van der Waals surface area contributed by atoms with Gasteiger partial charge in [0.1, 0.15) is 5.82 Å². The number of carbonyl (C=O) groups is 2. The van der Waals surface area contributed by atoms with Crippen LogP contribution in [-0.4, -0.2) is 49.7 Å². The van der Waals surface area contributed by atoms with Crippen LogP contribution < -0.4 is 0 Å². The maximum atomic E-state index is 14.0. The third-order valence-electron chi connectivity index (χ3n) is 4.35. The number of aromatic nitrogens is 1. The van der Waals surface area contributed by atoms with Gasteiger partial charge in [-0.05, 0) is 38.1 Å². The van der Waals surface area contributed by atoms with Crippen molar-refractivity contribution in [3.05, 3.63) is 52.6 Å². The molecule has 0 saturated carbocycles. The van der Waals surface area contributed by atoms with Gasteiger partial charge in [-0.3, -0.25) is 4.79 Å². The number of aryl methyl sites for hydroxylation is 1. The molecule has 1 heterocycles. The lowest BCUT2D eigenvalue weighted by Crippen LogP contribution is -2.23. The van der Waals surface area contributed by atoms with Crippen LogP contribution in [0, 0.1) is 19.7 Å². The third-order valence-corrected chi connectivity index (χ3v) is 6.16. The quantitative estimate of drug-likeness (QED) is 0.551. The van der Waals surface area contributed by atoms with Gasteiger partial charge in [-0.1, -0.05) is 0 Å². The van der Waals surface area contributed by atoms with Gasteiger partial charge >= 0.3 is 5.97 Å². The molecular weight excluding hydrogens is 375 g/mol. The topological polar surface area (TPSA) is 85.7 Å². The first-order chi connectivity index (χ1) is 12.5. The number of ether oxygens (including phenoxy) is 1. The van der Waals surface area contributed by atoms with E-state index in [0.717, 1.165) is 33.9 Å². The monoisotopic (exact) mass is 396 g/mol. The lowest BCUT2D eigenvalue weighted by molar-refractivity contribution is 0.0469. The van der Waals surface area contributed by atoms with Gasteiger partial charge < -0.3 is 9.30 Å². The Morgan fingerprint density at radius 3 is 2.30 bits per heavy atom. The summed E-state index contributed by atoms with van der Waals surface area (Å²) in [7, 11) is 0.601. The van der Waals surface area contributed by atoms with Gasteiger partial charge in [-0.15, -0.1) is 0 Å².